The lowest BCUT2D eigenvalue weighted by atomic mass is 10.0. The first-order chi connectivity index (χ1) is 12.4. The van der Waals surface area contributed by atoms with Gasteiger partial charge in [-0.2, -0.15) is 5.26 Å². The van der Waals surface area contributed by atoms with Gasteiger partial charge in [-0.1, -0.05) is 17.7 Å². The average Bonchev–Trinajstić information content (AvgIpc) is 3.12. The van der Waals surface area contributed by atoms with E-state index in [1.54, 1.807) is 18.2 Å². The molecule has 6 nitrogen and oxygen atoms in total. The molecule has 132 valence electrons. The number of carbonyl (C=O) groups is 1. The Morgan fingerprint density at radius 1 is 1.15 bits per heavy atom. The summed E-state index contributed by atoms with van der Waals surface area (Å²) in [5.74, 6) is 0.232. The maximum Gasteiger partial charge on any atom is 0.231 e. The fraction of sp³-hybridized carbons (Fsp3) is 0.222. The first kappa shape index (κ1) is 16.9. The van der Waals surface area contributed by atoms with Crippen LogP contribution in [0.1, 0.15) is 11.5 Å². The molecule has 0 bridgehead atoms. The van der Waals surface area contributed by atoms with E-state index in [2.05, 4.69) is 0 Å². The van der Waals surface area contributed by atoms with Gasteiger partial charge in [-0.3, -0.25) is 0 Å². The number of sulfone groups is 1. The zero-order chi connectivity index (χ0) is 18.5. The molecule has 0 N–H and O–H groups in total. The maximum absolute atomic E-state index is 13.0. The molecule has 4 rings (SSSR count). The van der Waals surface area contributed by atoms with Crippen LogP contribution >= 0.6 is 11.6 Å². The summed E-state index contributed by atoms with van der Waals surface area (Å²) in [5, 5.41) is 8.81. The normalized spacial score (nSPS) is 26.2. The van der Waals surface area contributed by atoms with Crippen molar-refractivity contribution in [3.63, 3.8) is 0 Å². The molecule has 2 aromatic carbocycles. The van der Waals surface area contributed by atoms with E-state index < -0.39 is 26.4 Å². The Balaban J connectivity index is 1.79. The molecular formula is C18H12ClNO5S. The molecule has 1 aliphatic heterocycles. The van der Waals surface area contributed by atoms with Crippen LogP contribution in [0.25, 0.3) is 0 Å². The molecule has 2 aliphatic rings. The summed E-state index contributed by atoms with van der Waals surface area (Å²) in [6, 6.07) is 12.5. The van der Waals surface area contributed by atoms with Crippen molar-refractivity contribution in [2.75, 3.05) is 6.79 Å². The van der Waals surface area contributed by atoms with Gasteiger partial charge in [0.1, 0.15) is 17.0 Å². The quantitative estimate of drug-likeness (QED) is 0.746. The predicted octanol–water partition coefficient (Wildman–Crippen LogP) is 2.72. The highest BCUT2D eigenvalue weighted by Crippen LogP contribution is 2.63. The third kappa shape index (κ3) is 2.30. The minimum Gasteiger partial charge on any atom is -0.454 e. The number of ether oxygens (including phenoxy) is 2. The second-order valence-corrected chi connectivity index (χ2v) is 8.68. The smallest absolute Gasteiger partial charge is 0.231 e. The van der Waals surface area contributed by atoms with Crippen LogP contribution in [0.3, 0.4) is 0 Å². The van der Waals surface area contributed by atoms with Crippen LogP contribution in [0.4, 0.5) is 0 Å². The molecule has 1 heterocycles. The van der Waals surface area contributed by atoms with Crippen LogP contribution in [-0.4, -0.2) is 26.7 Å². The van der Waals surface area contributed by atoms with Gasteiger partial charge in [-0.15, -0.1) is 0 Å². The summed E-state index contributed by atoms with van der Waals surface area (Å²) in [6.45, 7) is 0.0764. The minimum absolute atomic E-state index is 0.0246. The third-order valence-electron chi connectivity index (χ3n) is 4.80. The van der Waals surface area contributed by atoms with Crippen molar-refractivity contribution >= 4 is 27.7 Å². The monoisotopic (exact) mass is 389 g/mol. The van der Waals surface area contributed by atoms with E-state index in [9.17, 15) is 18.5 Å². The molecule has 1 fully saturated rings. The topological polar surface area (TPSA) is 93.5 Å². The van der Waals surface area contributed by atoms with Crippen molar-refractivity contribution in [2.24, 2.45) is 5.41 Å². The molecule has 1 aliphatic carbocycles. The van der Waals surface area contributed by atoms with Crippen molar-refractivity contribution in [2.45, 2.75) is 16.1 Å². The molecule has 26 heavy (non-hydrogen) atoms. The molecule has 8 heteroatoms. The van der Waals surface area contributed by atoms with Crippen LogP contribution < -0.4 is 9.47 Å². The van der Waals surface area contributed by atoms with Crippen molar-refractivity contribution in [1.29, 1.82) is 5.26 Å². The van der Waals surface area contributed by atoms with E-state index in [1.807, 2.05) is 6.07 Å². The molecule has 0 aromatic heterocycles. The van der Waals surface area contributed by atoms with Gasteiger partial charge >= 0.3 is 0 Å². The Bertz CT molecular complexity index is 1040. The van der Waals surface area contributed by atoms with Gasteiger partial charge in [0, 0.05) is 10.9 Å². The fourth-order valence-electron chi connectivity index (χ4n) is 3.44. The SMILES string of the molecule is N#C[C@@]1(C=O)[C@@H](c2ccc3c(c2)OCO3)[C@@H]1S(=O)(=O)c1ccc(Cl)cc1. The van der Waals surface area contributed by atoms with E-state index in [0.29, 0.717) is 28.4 Å². The number of rotatable bonds is 4. The number of halogens is 1. The molecule has 0 radical (unpaired) electrons. The van der Waals surface area contributed by atoms with Crippen molar-refractivity contribution in [3.8, 4) is 17.6 Å². The van der Waals surface area contributed by atoms with Crippen LogP contribution in [0.5, 0.6) is 11.5 Å². The second-order valence-electron chi connectivity index (χ2n) is 6.17. The van der Waals surface area contributed by atoms with Gasteiger partial charge in [0.15, 0.2) is 21.3 Å². The van der Waals surface area contributed by atoms with Crippen molar-refractivity contribution < 1.29 is 22.7 Å². The van der Waals surface area contributed by atoms with Gasteiger partial charge in [0.2, 0.25) is 6.79 Å². The Morgan fingerprint density at radius 3 is 2.50 bits per heavy atom. The number of nitriles is 1. The number of hydrogen-bond donors (Lipinski definition) is 0. The van der Waals surface area contributed by atoms with Crippen molar-refractivity contribution in [3.05, 3.63) is 53.1 Å². The Labute approximate surface area is 154 Å². The lowest BCUT2D eigenvalue weighted by Crippen LogP contribution is -2.16. The largest absolute Gasteiger partial charge is 0.454 e. The van der Waals surface area contributed by atoms with Crippen LogP contribution in [0.15, 0.2) is 47.4 Å². The summed E-state index contributed by atoms with van der Waals surface area (Å²) in [5.41, 5.74) is -1.09. The van der Waals surface area contributed by atoms with Gasteiger partial charge < -0.3 is 14.3 Å². The predicted molar refractivity (Wildman–Crippen MR) is 91.8 cm³/mol. The lowest BCUT2D eigenvalue weighted by molar-refractivity contribution is -0.110. The van der Waals surface area contributed by atoms with E-state index in [1.165, 1.54) is 24.3 Å². The van der Waals surface area contributed by atoms with Crippen molar-refractivity contribution in [1.82, 2.24) is 0 Å². The Kier molecular flexibility index (Phi) is 3.72. The summed E-state index contributed by atoms with van der Waals surface area (Å²) < 4.78 is 36.7. The minimum atomic E-state index is -3.91. The maximum atomic E-state index is 13.0. The molecule has 1 saturated carbocycles. The standard InChI is InChI=1S/C18H12ClNO5S/c19-12-2-4-13(5-3-12)26(22,23)17-16(18(17,8-20)9-21)11-1-6-14-15(7-11)25-10-24-14/h1-7,9,16-17H,10H2/t16-,17-,18+/m0/s1. The highest BCUT2D eigenvalue weighted by Gasteiger charge is 2.72. The second kappa shape index (κ2) is 5.73. The molecular weight excluding hydrogens is 378 g/mol. The zero-order valence-corrected chi connectivity index (χ0v) is 14.8. The number of fused-ring (bicyclic) bond motifs is 1. The molecule has 2 aromatic rings. The van der Waals surface area contributed by atoms with Gasteiger partial charge in [-0.05, 0) is 42.0 Å². The molecule has 3 atom stereocenters. The number of nitrogens with zero attached hydrogens (tertiary/aromatic N) is 1. The van der Waals surface area contributed by atoms with Gasteiger partial charge in [0.25, 0.3) is 0 Å². The highest BCUT2D eigenvalue weighted by atomic mass is 35.5. The van der Waals surface area contributed by atoms with Crippen LogP contribution in [0.2, 0.25) is 5.02 Å². The highest BCUT2D eigenvalue weighted by molar-refractivity contribution is 7.92. The summed E-state index contributed by atoms with van der Waals surface area (Å²) >= 11 is 5.82. The Hall–Kier alpha value is -2.56. The number of aldehydes is 1. The lowest BCUT2D eigenvalue weighted by Gasteiger charge is -2.05. The van der Waals surface area contributed by atoms with E-state index in [-0.39, 0.29) is 11.7 Å². The fourth-order valence-corrected chi connectivity index (χ4v) is 5.80. The first-order valence-electron chi connectivity index (χ1n) is 7.70. The molecule has 0 spiro atoms. The summed E-state index contributed by atoms with van der Waals surface area (Å²) in [7, 11) is -3.91. The zero-order valence-electron chi connectivity index (χ0n) is 13.3. The number of hydrogen-bond acceptors (Lipinski definition) is 6. The molecule has 0 amide bonds. The summed E-state index contributed by atoms with van der Waals surface area (Å²) in [6.07, 6.45) is 0.431. The van der Waals surface area contributed by atoms with Gasteiger partial charge in [-0.25, -0.2) is 8.42 Å². The van der Waals surface area contributed by atoms with E-state index in [0.717, 1.165) is 0 Å². The Morgan fingerprint density at radius 2 is 1.85 bits per heavy atom. The molecule has 0 unspecified atom stereocenters. The first-order valence-corrected chi connectivity index (χ1v) is 9.63. The average molecular weight is 390 g/mol. The molecule has 0 saturated heterocycles. The van der Waals surface area contributed by atoms with Gasteiger partial charge in [0.05, 0.1) is 11.0 Å². The number of benzene rings is 2. The van der Waals surface area contributed by atoms with Crippen LogP contribution in [-0.2, 0) is 14.6 Å². The summed E-state index contributed by atoms with van der Waals surface area (Å²) in [4.78, 5) is 11.7. The van der Waals surface area contributed by atoms with E-state index in [4.69, 9.17) is 21.1 Å². The number of carbonyl (C=O) groups excluding carboxylic acids is 1. The van der Waals surface area contributed by atoms with E-state index >= 15 is 0 Å². The van der Waals surface area contributed by atoms with Crippen LogP contribution in [0, 0.1) is 16.7 Å². The third-order valence-corrected chi connectivity index (χ3v) is 7.31.